The van der Waals surface area contributed by atoms with Crippen LogP contribution in [0.5, 0.6) is 0 Å². The van der Waals surface area contributed by atoms with Crippen LogP contribution >= 0.6 is 0 Å². The van der Waals surface area contributed by atoms with Crippen LogP contribution in [0.25, 0.3) is 0 Å². The van der Waals surface area contributed by atoms with Crippen LogP contribution in [-0.2, 0) is 6.54 Å². The minimum atomic E-state index is -0.897. The van der Waals surface area contributed by atoms with Crippen molar-refractivity contribution in [1.82, 2.24) is 9.78 Å². The number of hydrogen-bond donors (Lipinski definition) is 1. The highest BCUT2D eigenvalue weighted by atomic mass is 19.1. The first kappa shape index (κ1) is 16.5. The number of halogens is 2. The summed E-state index contributed by atoms with van der Waals surface area (Å²) < 4.78 is 27.7. The molecule has 0 unspecified atom stereocenters. The topological polar surface area (TPSA) is 64.0 Å². The Kier molecular flexibility index (Phi) is 4.65. The van der Waals surface area contributed by atoms with Gasteiger partial charge in [-0.2, -0.15) is 5.10 Å². The summed E-state index contributed by atoms with van der Waals surface area (Å²) in [5, 5.41) is 6.31. The van der Waals surface area contributed by atoms with E-state index in [-0.39, 0.29) is 23.5 Å². The molecule has 1 heterocycles. The molecule has 126 valence electrons. The molecule has 0 bridgehead atoms. The van der Waals surface area contributed by atoms with E-state index in [4.69, 9.17) is 0 Å². The number of hydrogen-bond acceptors (Lipinski definition) is 3. The summed E-state index contributed by atoms with van der Waals surface area (Å²) in [6.07, 6.45) is 0. The van der Waals surface area contributed by atoms with Gasteiger partial charge in [0.05, 0.1) is 12.2 Å². The molecule has 3 aromatic rings. The average Bonchev–Trinajstić information content (AvgIpc) is 2.60. The molecular formula is C18H13F2N3O2. The normalized spacial score (nSPS) is 10.5. The molecule has 0 aliphatic rings. The van der Waals surface area contributed by atoms with Gasteiger partial charge in [-0.1, -0.05) is 30.3 Å². The van der Waals surface area contributed by atoms with E-state index in [1.165, 1.54) is 12.1 Å². The molecule has 0 aliphatic carbocycles. The van der Waals surface area contributed by atoms with Crippen molar-refractivity contribution < 1.29 is 13.6 Å². The van der Waals surface area contributed by atoms with Gasteiger partial charge >= 0.3 is 0 Å². The number of nitrogens with one attached hydrogen (secondary N) is 1. The Balaban J connectivity index is 1.83. The van der Waals surface area contributed by atoms with Gasteiger partial charge in [0.25, 0.3) is 11.5 Å². The Morgan fingerprint density at radius 3 is 2.52 bits per heavy atom. The van der Waals surface area contributed by atoms with Gasteiger partial charge in [-0.3, -0.25) is 9.59 Å². The Labute approximate surface area is 141 Å². The highest BCUT2D eigenvalue weighted by Gasteiger charge is 2.13. The second-order valence-electron chi connectivity index (χ2n) is 5.28. The van der Waals surface area contributed by atoms with Crippen LogP contribution in [0.3, 0.4) is 0 Å². The van der Waals surface area contributed by atoms with Crippen molar-refractivity contribution in [3.63, 3.8) is 0 Å². The average molecular weight is 341 g/mol. The van der Waals surface area contributed by atoms with Gasteiger partial charge in [0.1, 0.15) is 17.3 Å². The molecule has 25 heavy (non-hydrogen) atoms. The molecule has 7 heteroatoms. The third-order valence-electron chi connectivity index (χ3n) is 3.45. The SMILES string of the molecule is O=C(Nc1ccc(F)cc1F)c1ccc(=O)n(Cc2ccccc2)n1. The molecule has 0 aliphatic heterocycles. The van der Waals surface area contributed by atoms with E-state index >= 15 is 0 Å². The number of carbonyl (C=O) groups is 1. The molecule has 0 radical (unpaired) electrons. The third kappa shape index (κ3) is 3.95. The Bertz CT molecular complexity index is 972. The van der Waals surface area contributed by atoms with Crippen LogP contribution in [0.2, 0.25) is 0 Å². The number of nitrogens with zero attached hydrogens (tertiary/aromatic N) is 2. The maximum Gasteiger partial charge on any atom is 0.276 e. The van der Waals surface area contributed by atoms with Crippen molar-refractivity contribution in [1.29, 1.82) is 0 Å². The minimum Gasteiger partial charge on any atom is -0.318 e. The van der Waals surface area contributed by atoms with Gasteiger partial charge in [0.2, 0.25) is 0 Å². The Morgan fingerprint density at radius 1 is 1.04 bits per heavy atom. The summed E-state index contributed by atoms with van der Waals surface area (Å²) in [7, 11) is 0. The monoisotopic (exact) mass is 341 g/mol. The highest BCUT2D eigenvalue weighted by molar-refractivity contribution is 6.02. The molecule has 0 fully saturated rings. The molecule has 0 saturated heterocycles. The van der Waals surface area contributed by atoms with E-state index in [9.17, 15) is 18.4 Å². The summed E-state index contributed by atoms with van der Waals surface area (Å²) in [4.78, 5) is 24.1. The van der Waals surface area contributed by atoms with Crippen molar-refractivity contribution in [3.05, 3.63) is 93.9 Å². The molecule has 2 aromatic carbocycles. The third-order valence-corrected chi connectivity index (χ3v) is 3.45. The quantitative estimate of drug-likeness (QED) is 0.794. The lowest BCUT2D eigenvalue weighted by molar-refractivity contribution is 0.101. The zero-order valence-electron chi connectivity index (χ0n) is 12.9. The van der Waals surface area contributed by atoms with Crippen molar-refractivity contribution in [3.8, 4) is 0 Å². The predicted octanol–water partition coefficient (Wildman–Crippen LogP) is 2.82. The van der Waals surface area contributed by atoms with Crippen LogP contribution in [0.1, 0.15) is 16.1 Å². The lowest BCUT2D eigenvalue weighted by Crippen LogP contribution is -2.26. The molecule has 1 N–H and O–H groups in total. The number of carbonyl (C=O) groups excluding carboxylic acids is 1. The van der Waals surface area contributed by atoms with Crippen molar-refractivity contribution in [2.24, 2.45) is 0 Å². The Hall–Kier alpha value is -3.35. The fraction of sp³-hybridized carbons (Fsp3) is 0.0556. The lowest BCUT2D eigenvalue weighted by atomic mass is 10.2. The predicted molar refractivity (Wildman–Crippen MR) is 88.4 cm³/mol. The van der Waals surface area contributed by atoms with Gasteiger partial charge in [-0.05, 0) is 23.8 Å². The van der Waals surface area contributed by atoms with Crippen LogP contribution in [0.15, 0.2) is 65.5 Å². The zero-order valence-corrected chi connectivity index (χ0v) is 12.9. The van der Waals surface area contributed by atoms with Gasteiger partial charge in [0.15, 0.2) is 0 Å². The molecule has 3 rings (SSSR count). The van der Waals surface area contributed by atoms with Gasteiger partial charge in [-0.25, -0.2) is 13.5 Å². The summed E-state index contributed by atoms with van der Waals surface area (Å²) >= 11 is 0. The first-order valence-corrected chi connectivity index (χ1v) is 7.41. The van der Waals surface area contributed by atoms with Crippen molar-refractivity contribution >= 4 is 11.6 Å². The summed E-state index contributed by atoms with van der Waals surface area (Å²) in [5.41, 5.74) is 0.251. The first-order valence-electron chi connectivity index (χ1n) is 7.41. The number of amides is 1. The molecular weight excluding hydrogens is 328 g/mol. The maximum absolute atomic E-state index is 13.6. The lowest BCUT2D eigenvalue weighted by Gasteiger charge is -2.08. The summed E-state index contributed by atoms with van der Waals surface area (Å²) in [6.45, 7) is 0.200. The minimum absolute atomic E-state index is 0.0562. The zero-order chi connectivity index (χ0) is 17.8. The first-order chi connectivity index (χ1) is 12.0. The van der Waals surface area contributed by atoms with E-state index in [2.05, 4.69) is 10.4 Å². The number of rotatable bonds is 4. The van der Waals surface area contributed by atoms with Crippen LogP contribution < -0.4 is 10.9 Å². The van der Waals surface area contributed by atoms with Crippen LogP contribution in [0.4, 0.5) is 14.5 Å². The van der Waals surface area contributed by atoms with Crippen LogP contribution in [0, 0.1) is 11.6 Å². The second kappa shape index (κ2) is 7.04. The molecule has 0 saturated carbocycles. The van der Waals surface area contributed by atoms with Crippen LogP contribution in [-0.4, -0.2) is 15.7 Å². The van der Waals surface area contributed by atoms with E-state index in [0.717, 1.165) is 22.4 Å². The highest BCUT2D eigenvalue weighted by Crippen LogP contribution is 2.15. The standard InChI is InChI=1S/C18H13F2N3O2/c19-13-6-7-15(14(20)10-13)21-18(25)16-8-9-17(24)23(22-16)11-12-4-2-1-3-5-12/h1-10H,11H2,(H,21,25). The van der Waals surface area contributed by atoms with Gasteiger partial charge < -0.3 is 5.32 Å². The molecule has 1 amide bonds. The van der Waals surface area contributed by atoms with E-state index in [1.807, 2.05) is 30.3 Å². The fourth-order valence-corrected chi connectivity index (χ4v) is 2.22. The number of benzene rings is 2. The maximum atomic E-state index is 13.6. The smallest absolute Gasteiger partial charge is 0.276 e. The Morgan fingerprint density at radius 2 is 1.80 bits per heavy atom. The fourth-order valence-electron chi connectivity index (χ4n) is 2.22. The van der Waals surface area contributed by atoms with E-state index in [1.54, 1.807) is 0 Å². The van der Waals surface area contributed by atoms with Crippen molar-refractivity contribution in [2.75, 3.05) is 5.32 Å². The van der Waals surface area contributed by atoms with Gasteiger partial charge in [-0.15, -0.1) is 0 Å². The molecule has 1 aromatic heterocycles. The second-order valence-corrected chi connectivity index (χ2v) is 5.28. The van der Waals surface area contributed by atoms with Gasteiger partial charge in [0, 0.05) is 12.1 Å². The largest absolute Gasteiger partial charge is 0.318 e. The van der Waals surface area contributed by atoms with Crippen molar-refractivity contribution in [2.45, 2.75) is 6.54 Å². The molecule has 5 nitrogen and oxygen atoms in total. The summed E-state index contributed by atoms with van der Waals surface area (Å²) in [6, 6.07) is 14.4. The summed E-state index contributed by atoms with van der Waals surface area (Å²) in [5.74, 6) is -2.34. The number of aromatic nitrogens is 2. The van der Waals surface area contributed by atoms with E-state index < -0.39 is 17.5 Å². The molecule has 0 atom stereocenters. The number of anilines is 1. The van der Waals surface area contributed by atoms with E-state index in [0.29, 0.717) is 6.07 Å². The molecule has 0 spiro atoms.